The fraction of sp³-hybridized carbons (Fsp3) is 0.355. The number of nitrogens with zero attached hydrogens (tertiary/aromatic N) is 4. The Hall–Kier alpha value is -4.07. The van der Waals surface area contributed by atoms with E-state index in [1.165, 1.54) is 6.07 Å². The van der Waals surface area contributed by atoms with Gasteiger partial charge in [0.1, 0.15) is 11.3 Å². The van der Waals surface area contributed by atoms with Crippen molar-refractivity contribution in [3.05, 3.63) is 93.3 Å². The molecule has 0 aliphatic carbocycles. The summed E-state index contributed by atoms with van der Waals surface area (Å²) in [6.07, 6.45) is 4.11. The monoisotopic (exact) mass is 526 g/mol. The maximum Gasteiger partial charge on any atom is 0.304 e. The maximum absolute atomic E-state index is 15.1. The van der Waals surface area contributed by atoms with E-state index in [1.807, 2.05) is 48.0 Å². The zero-order valence-corrected chi connectivity index (χ0v) is 22.0. The van der Waals surface area contributed by atoms with E-state index >= 15 is 4.39 Å². The van der Waals surface area contributed by atoms with Crippen LogP contribution in [0.15, 0.2) is 48.5 Å². The summed E-state index contributed by atoms with van der Waals surface area (Å²) in [5.41, 5.74) is 7.53. The van der Waals surface area contributed by atoms with Crippen LogP contribution in [0.4, 0.5) is 4.39 Å². The molecule has 0 saturated carbocycles. The van der Waals surface area contributed by atoms with Crippen LogP contribution in [0.25, 0.3) is 11.0 Å². The van der Waals surface area contributed by atoms with Gasteiger partial charge in [-0.25, -0.2) is 9.07 Å². The number of aromatic nitrogens is 3. The summed E-state index contributed by atoms with van der Waals surface area (Å²) in [5.74, 6) is -2.06. The summed E-state index contributed by atoms with van der Waals surface area (Å²) in [4.78, 5) is 27.0. The molecule has 7 nitrogen and oxygen atoms in total. The Labute approximate surface area is 226 Å². The first-order valence-corrected chi connectivity index (χ1v) is 13.6. The quantitative estimate of drug-likeness (QED) is 0.377. The van der Waals surface area contributed by atoms with Crippen LogP contribution in [0.3, 0.4) is 0 Å². The number of carboxylic acid groups (broad SMARTS) is 1. The molecule has 9 rings (SSSR count). The topological polar surface area (TPSA) is 88.3 Å². The summed E-state index contributed by atoms with van der Waals surface area (Å²) < 4.78 is 17.0. The summed E-state index contributed by atoms with van der Waals surface area (Å²) in [6.45, 7) is 3.57. The van der Waals surface area contributed by atoms with Crippen molar-refractivity contribution in [1.82, 2.24) is 19.9 Å². The van der Waals surface area contributed by atoms with Gasteiger partial charge >= 0.3 is 5.97 Å². The van der Waals surface area contributed by atoms with Gasteiger partial charge in [-0.15, -0.1) is 5.10 Å². The Morgan fingerprint density at radius 2 is 1.90 bits per heavy atom. The average molecular weight is 527 g/mol. The molecular formula is C31H31FN4O3. The maximum atomic E-state index is 15.1. The van der Waals surface area contributed by atoms with Gasteiger partial charge in [-0.2, -0.15) is 0 Å². The zero-order valence-electron chi connectivity index (χ0n) is 22.0. The fourth-order valence-corrected chi connectivity index (χ4v) is 6.10. The highest BCUT2D eigenvalue weighted by Gasteiger charge is 2.27. The Morgan fingerprint density at radius 3 is 2.72 bits per heavy atom. The molecule has 0 fully saturated rings. The summed E-state index contributed by atoms with van der Waals surface area (Å²) in [5, 5.41) is 18.7. The number of halogens is 1. The lowest BCUT2D eigenvalue weighted by molar-refractivity contribution is -0.137. The van der Waals surface area contributed by atoms with Crippen LogP contribution >= 0.6 is 0 Å². The van der Waals surface area contributed by atoms with Crippen molar-refractivity contribution in [2.24, 2.45) is 0 Å². The number of benzene rings is 3. The average Bonchev–Trinajstić information content (AvgIpc) is 3.34. The van der Waals surface area contributed by atoms with Crippen LogP contribution in [-0.2, 0) is 30.7 Å². The molecule has 0 saturated heterocycles. The zero-order chi connectivity index (χ0) is 27.1. The molecule has 8 heteroatoms. The Balaban J connectivity index is 1.45. The molecular weight excluding hydrogens is 495 g/mol. The Bertz CT molecular complexity index is 1590. The largest absolute Gasteiger partial charge is 0.481 e. The third-order valence-corrected chi connectivity index (χ3v) is 8.27. The van der Waals surface area contributed by atoms with E-state index in [1.54, 1.807) is 11.0 Å². The van der Waals surface area contributed by atoms with E-state index in [2.05, 4.69) is 10.3 Å². The highest BCUT2D eigenvalue weighted by atomic mass is 19.1. The SMILES string of the molecule is Cc1c2ccc3c1nnn3CCCCCc1ccc(c(F)c1)C(=O)N1CCc3ccc(cc3C1)C2CC(=O)O. The number of aryl methyl sites for hydroxylation is 3. The van der Waals surface area contributed by atoms with Crippen LogP contribution in [0.1, 0.15) is 75.3 Å². The van der Waals surface area contributed by atoms with Crippen molar-refractivity contribution in [2.75, 3.05) is 6.54 Å². The molecule has 1 aromatic heterocycles. The van der Waals surface area contributed by atoms with E-state index in [-0.39, 0.29) is 23.8 Å². The van der Waals surface area contributed by atoms with Gasteiger partial charge in [0.15, 0.2) is 0 Å². The normalized spacial score (nSPS) is 17.7. The minimum absolute atomic E-state index is 0.0700. The van der Waals surface area contributed by atoms with Gasteiger partial charge in [0.2, 0.25) is 0 Å². The van der Waals surface area contributed by atoms with E-state index in [0.29, 0.717) is 19.5 Å². The van der Waals surface area contributed by atoms with E-state index < -0.39 is 11.8 Å². The second-order valence-electron chi connectivity index (χ2n) is 10.7. The molecule has 4 aromatic rings. The number of rotatable bonds is 2. The first kappa shape index (κ1) is 25.2. The number of amides is 1. The van der Waals surface area contributed by atoms with Gasteiger partial charge in [-0.05, 0) is 84.2 Å². The number of hydrogen-bond acceptors (Lipinski definition) is 4. The number of hydrogen-bond donors (Lipinski definition) is 1. The molecule has 5 aliphatic heterocycles. The van der Waals surface area contributed by atoms with Gasteiger partial charge < -0.3 is 10.0 Å². The lowest BCUT2D eigenvalue weighted by Crippen LogP contribution is -2.36. The Kier molecular flexibility index (Phi) is 6.62. The molecule has 1 amide bonds. The molecule has 9 bridgehead atoms. The van der Waals surface area contributed by atoms with Crippen molar-refractivity contribution in [3.63, 3.8) is 0 Å². The highest BCUT2D eigenvalue weighted by Crippen LogP contribution is 2.35. The molecule has 0 radical (unpaired) electrons. The van der Waals surface area contributed by atoms with Crippen LogP contribution in [0.2, 0.25) is 0 Å². The third kappa shape index (κ3) is 4.80. The van der Waals surface area contributed by atoms with E-state index in [9.17, 15) is 14.7 Å². The van der Waals surface area contributed by atoms with Gasteiger partial charge in [0.05, 0.1) is 17.5 Å². The lowest BCUT2D eigenvalue weighted by atomic mass is 9.83. The number of carbonyl (C=O) groups excluding carboxylic acids is 1. The van der Waals surface area contributed by atoms with Gasteiger partial charge in [0, 0.05) is 25.6 Å². The molecule has 200 valence electrons. The molecule has 5 aliphatic rings. The van der Waals surface area contributed by atoms with Crippen LogP contribution < -0.4 is 0 Å². The number of carboxylic acids is 1. The molecule has 1 atom stereocenters. The smallest absolute Gasteiger partial charge is 0.304 e. The predicted molar refractivity (Wildman–Crippen MR) is 145 cm³/mol. The molecule has 1 unspecified atom stereocenters. The molecule has 0 spiro atoms. The highest BCUT2D eigenvalue weighted by molar-refractivity contribution is 5.94. The van der Waals surface area contributed by atoms with Crippen molar-refractivity contribution in [2.45, 2.75) is 64.5 Å². The second-order valence-corrected chi connectivity index (χ2v) is 10.7. The molecule has 1 N–H and O–H groups in total. The minimum atomic E-state index is -0.887. The summed E-state index contributed by atoms with van der Waals surface area (Å²) >= 11 is 0. The summed E-state index contributed by atoms with van der Waals surface area (Å²) in [6, 6.07) is 15.0. The number of carbonyl (C=O) groups is 2. The first-order valence-electron chi connectivity index (χ1n) is 13.6. The van der Waals surface area contributed by atoms with E-state index in [4.69, 9.17) is 0 Å². The third-order valence-electron chi connectivity index (χ3n) is 8.27. The molecule has 6 heterocycles. The molecule has 3 aromatic carbocycles. The van der Waals surface area contributed by atoms with Crippen molar-refractivity contribution in [3.8, 4) is 0 Å². The van der Waals surface area contributed by atoms with Crippen LogP contribution in [0, 0.1) is 12.7 Å². The lowest BCUT2D eigenvalue weighted by Gasteiger charge is -2.30. The molecule has 39 heavy (non-hydrogen) atoms. The fourth-order valence-electron chi connectivity index (χ4n) is 6.10. The van der Waals surface area contributed by atoms with Gasteiger partial charge in [-0.1, -0.05) is 42.0 Å². The Morgan fingerprint density at radius 1 is 1.03 bits per heavy atom. The van der Waals surface area contributed by atoms with Crippen molar-refractivity contribution < 1.29 is 19.1 Å². The van der Waals surface area contributed by atoms with Crippen molar-refractivity contribution >= 4 is 22.9 Å². The number of aliphatic carboxylic acids is 1. The minimum Gasteiger partial charge on any atom is -0.481 e. The first-order chi connectivity index (χ1) is 18.9. The van der Waals surface area contributed by atoms with Crippen molar-refractivity contribution in [1.29, 1.82) is 0 Å². The predicted octanol–water partition coefficient (Wildman–Crippen LogP) is 5.41. The van der Waals surface area contributed by atoms with Crippen LogP contribution in [0.5, 0.6) is 0 Å². The van der Waals surface area contributed by atoms with Gasteiger partial charge in [0.25, 0.3) is 5.91 Å². The van der Waals surface area contributed by atoms with Gasteiger partial charge in [-0.3, -0.25) is 9.59 Å². The summed E-state index contributed by atoms with van der Waals surface area (Å²) in [7, 11) is 0. The standard InChI is InChI=1S/C31H31FN4O3/c1-19-24-10-11-28-30(19)33-34-36(28)13-4-2-3-5-20-6-9-25(27(32)15-20)31(39)35-14-12-21-7-8-22(16-23(21)18-35)26(24)17-29(37)38/h6-11,15-16,26H,2-5,12-14,17-18H2,1H3,(H,37,38). The van der Waals surface area contributed by atoms with Crippen LogP contribution in [-0.4, -0.2) is 43.4 Å². The van der Waals surface area contributed by atoms with E-state index in [0.717, 1.165) is 76.6 Å². The second kappa shape index (κ2) is 10.2.